The highest BCUT2D eigenvalue weighted by molar-refractivity contribution is 5.80. The number of carbonyl (C=O) groups excluding carboxylic acids is 1. The molecule has 1 amide bonds. The number of aryl methyl sites for hydroxylation is 1. The number of hydrogen-bond donors (Lipinski definition) is 2. The van der Waals surface area contributed by atoms with Crippen LogP contribution in [0.2, 0.25) is 0 Å². The minimum absolute atomic E-state index is 0.00621. The fraction of sp³-hybridized carbons (Fsp3) is 0.364. The Bertz CT molecular complexity index is 786. The average Bonchev–Trinajstić information content (AvgIpc) is 2.68. The Balaban J connectivity index is 1.66. The lowest BCUT2D eigenvalue weighted by atomic mass is 10.1. The van der Waals surface area contributed by atoms with E-state index in [1.807, 2.05) is 43.3 Å². The molecule has 0 heterocycles. The second-order valence-corrected chi connectivity index (χ2v) is 6.53. The van der Waals surface area contributed by atoms with Crippen molar-refractivity contribution in [3.05, 3.63) is 59.2 Å². The molecule has 6 heteroatoms. The number of ether oxygens (including phenoxy) is 2. The lowest BCUT2D eigenvalue weighted by Gasteiger charge is -2.12. The van der Waals surface area contributed by atoms with Crippen LogP contribution in [0.15, 0.2) is 42.5 Å². The Morgan fingerprint density at radius 1 is 0.964 bits per heavy atom. The van der Waals surface area contributed by atoms with Gasteiger partial charge in [-0.15, -0.1) is 0 Å². The van der Waals surface area contributed by atoms with Gasteiger partial charge in [0, 0.05) is 13.0 Å². The largest absolute Gasteiger partial charge is 0.490 e. The van der Waals surface area contributed by atoms with Gasteiger partial charge in [-0.25, -0.2) is 0 Å². The molecule has 0 bridgehead atoms. The molecule has 6 nitrogen and oxygen atoms in total. The van der Waals surface area contributed by atoms with E-state index in [0.717, 1.165) is 22.6 Å². The lowest BCUT2D eigenvalue weighted by Crippen LogP contribution is -2.25. The summed E-state index contributed by atoms with van der Waals surface area (Å²) in [7, 11) is 0. The van der Waals surface area contributed by atoms with Crippen LogP contribution >= 0.6 is 0 Å². The number of carboxylic acid groups (broad SMARTS) is 1. The normalized spacial score (nSPS) is 10.4. The highest BCUT2D eigenvalue weighted by Gasteiger charge is 2.05. The summed E-state index contributed by atoms with van der Waals surface area (Å²) in [4.78, 5) is 21.9. The van der Waals surface area contributed by atoms with Gasteiger partial charge in [0.25, 0.3) is 0 Å². The number of hydrogen-bond acceptors (Lipinski definition) is 4. The van der Waals surface area contributed by atoms with Crippen molar-refractivity contribution < 1.29 is 24.2 Å². The molecule has 0 aliphatic rings. The molecule has 2 rings (SSSR count). The summed E-state index contributed by atoms with van der Waals surface area (Å²) in [5.74, 6) is 0.430. The van der Waals surface area contributed by atoms with Crippen LogP contribution in [0.5, 0.6) is 11.5 Å². The Hall–Kier alpha value is -3.02. The van der Waals surface area contributed by atoms with Gasteiger partial charge < -0.3 is 19.9 Å². The highest BCUT2D eigenvalue weighted by Crippen LogP contribution is 2.20. The van der Waals surface area contributed by atoms with Crippen molar-refractivity contribution in [2.75, 3.05) is 19.8 Å². The molecule has 0 atom stereocenters. The zero-order chi connectivity index (χ0) is 20.4. The highest BCUT2D eigenvalue weighted by atomic mass is 16.5. The Kier molecular flexibility index (Phi) is 8.34. The summed E-state index contributed by atoms with van der Waals surface area (Å²) >= 11 is 0. The summed E-state index contributed by atoms with van der Waals surface area (Å²) in [6.07, 6.45) is 0.534. The molecule has 0 aliphatic heterocycles. The molecule has 0 unspecified atom stereocenters. The third kappa shape index (κ3) is 7.31. The van der Waals surface area contributed by atoms with Crippen molar-refractivity contribution in [3.8, 4) is 11.5 Å². The van der Waals surface area contributed by atoms with E-state index in [2.05, 4.69) is 18.3 Å². The maximum absolute atomic E-state index is 11.5. The molecule has 28 heavy (non-hydrogen) atoms. The molecule has 0 fully saturated rings. The first-order valence-electron chi connectivity index (χ1n) is 9.35. The van der Waals surface area contributed by atoms with Crippen molar-refractivity contribution in [2.45, 2.75) is 33.1 Å². The van der Waals surface area contributed by atoms with E-state index in [1.165, 1.54) is 5.56 Å². The molecule has 0 aliphatic carbocycles. The molecule has 2 N–H and O–H groups in total. The summed E-state index contributed by atoms with van der Waals surface area (Å²) in [6.45, 7) is 5.49. The number of amides is 1. The maximum atomic E-state index is 11.5. The fourth-order valence-electron chi connectivity index (χ4n) is 2.60. The predicted molar refractivity (Wildman–Crippen MR) is 107 cm³/mol. The van der Waals surface area contributed by atoms with Crippen molar-refractivity contribution in [2.24, 2.45) is 0 Å². The number of carboxylic acids is 1. The predicted octanol–water partition coefficient (Wildman–Crippen LogP) is 3.28. The molecule has 0 radical (unpaired) electrons. The smallest absolute Gasteiger partial charge is 0.303 e. The van der Waals surface area contributed by atoms with Gasteiger partial charge in [-0.1, -0.05) is 24.3 Å². The third-order valence-electron chi connectivity index (χ3n) is 4.39. The second-order valence-electron chi connectivity index (χ2n) is 6.53. The summed E-state index contributed by atoms with van der Waals surface area (Å²) < 4.78 is 11.5. The standard InChI is InChI=1S/C22H27NO5/c1-16-4-3-5-20(17(16)2)28-15-14-27-19-8-6-18(7-9-19)12-13-23-21(24)10-11-22(25)26/h3-9H,10-15H2,1-2H3,(H,23,24)(H,25,26). The zero-order valence-corrected chi connectivity index (χ0v) is 16.4. The molecule has 0 spiro atoms. The van der Waals surface area contributed by atoms with Crippen molar-refractivity contribution in [1.82, 2.24) is 5.32 Å². The summed E-state index contributed by atoms with van der Waals surface area (Å²) in [5, 5.41) is 11.3. The van der Waals surface area contributed by atoms with Gasteiger partial charge in [0.15, 0.2) is 0 Å². The number of benzene rings is 2. The SMILES string of the molecule is Cc1cccc(OCCOc2ccc(CCNC(=O)CCC(=O)O)cc2)c1C. The van der Waals surface area contributed by atoms with Gasteiger partial charge in [-0.05, 0) is 55.2 Å². The van der Waals surface area contributed by atoms with Crippen molar-refractivity contribution in [3.63, 3.8) is 0 Å². The number of carbonyl (C=O) groups is 2. The second kappa shape index (κ2) is 11.0. The van der Waals surface area contributed by atoms with E-state index in [1.54, 1.807) is 0 Å². The van der Waals surface area contributed by atoms with Crippen LogP contribution in [0.4, 0.5) is 0 Å². The Morgan fingerprint density at radius 3 is 2.39 bits per heavy atom. The van der Waals surface area contributed by atoms with E-state index in [4.69, 9.17) is 14.6 Å². The van der Waals surface area contributed by atoms with Crippen LogP contribution in [0.3, 0.4) is 0 Å². The molecule has 0 saturated carbocycles. The minimum atomic E-state index is -0.967. The van der Waals surface area contributed by atoms with Crippen molar-refractivity contribution in [1.29, 1.82) is 0 Å². The first-order chi connectivity index (χ1) is 13.5. The first-order valence-corrected chi connectivity index (χ1v) is 9.35. The van der Waals surface area contributed by atoms with E-state index >= 15 is 0 Å². The van der Waals surface area contributed by atoms with Crippen LogP contribution in [-0.2, 0) is 16.0 Å². The molecular formula is C22H27NO5. The van der Waals surface area contributed by atoms with Crippen molar-refractivity contribution >= 4 is 11.9 Å². The Labute approximate surface area is 165 Å². The van der Waals surface area contributed by atoms with Gasteiger partial charge in [-0.2, -0.15) is 0 Å². The van der Waals surface area contributed by atoms with E-state index in [9.17, 15) is 9.59 Å². The third-order valence-corrected chi connectivity index (χ3v) is 4.39. The molecule has 2 aromatic rings. The number of rotatable bonds is 11. The molecule has 150 valence electrons. The number of nitrogens with one attached hydrogen (secondary N) is 1. The zero-order valence-electron chi connectivity index (χ0n) is 16.4. The molecule has 0 aromatic heterocycles. The van der Waals surface area contributed by atoms with Gasteiger partial charge in [-0.3, -0.25) is 9.59 Å². The Morgan fingerprint density at radius 2 is 1.68 bits per heavy atom. The fourth-order valence-corrected chi connectivity index (χ4v) is 2.60. The van der Waals surface area contributed by atoms with E-state index < -0.39 is 5.97 Å². The van der Waals surface area contributed by atoms with E-state index in [0.29, 0.717) is 26.2 Å². The topological polar surface area (TPSA) is 84.9 Å². The molecule has 2 aromatic carbocycles. The number of aliphatic carboxylic acids is 1. The van der Waals surface area contributed by atoms with Crippen LogP contribution < -0.4 is 14.8 Å². The van der Waals surface area contributed by atoms with Gasteiger partial charge >= 0.3 is 5.97 Å². The van der Waals surface area contributed by atoms with E-state index in [-0.39, 0.29) is 18.7 Å². The van der Waals surface area contributed by atoms with Gasteiger partial charge in [0.05, 0.1) is 6.42 Å². The summed E-state index contributed by atoms with van der Waals surface area (Å²) in [5.41, 5.74) is 3.41. The molecule has 0 saturated heterocycles. The van der Waals surface area contributed by atoms with Crippen LogP contribution in [0, 0.1) is 13.8 Å². The van der Waals surface area contributed by atoms with Crippen LogP contribution in [-0.4, -0.2) is 36.7 Å². The van der Waals surface area contributed by atoms with Gasteiger partial charge in [0.1, 0.15) is 24.7 Å². The lowest BCUT2D eigenvalue weighted by molar-refractivity contribution is -0.138. The van der Waals surface area contributed by atoms with Crippen LogP contribution in [0.25, 0.3) is 0 Å². The quantitative estimate of drug-likeness (QED) is 0.580. The first kappa shape index (κ1) is 21.3. The minimum Gasteiger partial charge on any atom is -0.490 e. The van der Waals surface area contributed by atoms with Crippen LogP contribution in [0.1, 0.15) is 29.5 Å². The molecular weight excluding hydrogens is 358 g/mol. The maximum Gasteiger partial charge on any atom is 0.303 e. The average molecular weight is 385 g/mol. The monoisotopic (exact) mass is 385 g/mol. The van der Waals surface area contributed by atoms with Gasteiger partial charge in [0.2, 0.25) is 5.91 Å². The summed E-state index contributed by atoms with van der Waals surface area (Å²) in [6, 6.07) is 13.7.